The standard InChI is InChI=1S/C12H14IN3O3/c13-11-6-9(16(18)19)3-4-10(11)12(17)15-7-8-2-1-5-14-8/h3-4,6,8,14H,1-2,5,7H2,(H,15,17). The average molecular weight is 375 g/mol. The van der Waals surface area contributed by atoms with Crippen molar-refractivity contribution in [1.82, 2.24) is 10.6 Å². The maximum Gasteiger partial charge on any atom is 0.270 e. The first-order chi connectivity index (χ1) is 9.08. The maximum absolute atomic E-state index is 12.0. The van der Waals surface area contributed by atoms with Gasteiger partial charge in [-0.25, -0.2) is 0 Å². The molecule has 0 spiro atoms. The smallest absolute Gasteiger partial charge is 0.270 e. The molecule has 1 aliphatic heterocycles. The first kappa shape index (κ1) is 14.2. The molecule has 1 atom stereocenters. The second kappa shape index (κ2) is 6.29. The number of benzene rings is 1. The fourth-order valence-electron chi connectivity index (χ4n) is 2.04. The predicted molar refractivity (Wildman–Crippen MR) is 79.2 cm³/mol. The highest BCUT2D eigenvalue weighted by Crippen LogP contribution is 2.19. The first-order valence-corrected chi connectivity index (χ1v) is 7.11. The number of nitro groups is 1. The van der Waals surface area contributed by atoms with Crippen LogP contribution in [-0.2, 0) is 0 Å². The summed E-state index contributed by atoms with van der Waals surface area (Å²) in [4.78, 5) is 22.2. The third-order valence-corrected chi connectivity index (χ3v) is 3.97. The summed E-state index contributed by atoms with van der Waals surface area (Å²) in [7, 11) is 0. The minimum atomic E-state index is -0.466. The molecule has 1 aliphatic rings. The van der Waals surface area contributed by atoms with Crippen LogP contribution in [0.2, 0.25) is 0 Å². The second-order valence-electron chi connectivity index (χ2n) is 4.42. The molecule has 102 valence electrons. The van der Waals surface area contributed by atoms with E-state index in [9.17, 15) is 14.9 Å². The highest BCUT2D eigenvalue weighted by molar-refractivity contribution is 14.1. The van der Waals surface area contributed by atoms with Crippen molar-refractivity contribution in [1.29, 1.82) is 0 Å². The van der Waals surface area contributed by atoms with Crippen LogP contribution < -0.4 is 10.6 Å². The molecule has 0 saturated carbocycles. The molecule has 1 fully saturated rings. The Hall–Kier alpha value is -1.22. The molecule has 1 saturated heterocycles. The lowest BCUT2D eigenvalue weighted by molar-refractivity contribution is -0.384. The summed E-state index contributed by atoms with van der Waals surface area (Å²) < 4.78 is 0.587. The Kier molecular flexibility index (Phi) is 4.70. The van der Waals surface area contributed by atoms with Crippen LogP contribution in [0.4, 0.5) is 5.69 Å². The van der Waals surface area contributed by atoms with E-state index in [-0.39, 0.29) is 11.6 Å². The van der Waals surface area contributed by atoms with Crippen LogP contribution in [-0.4, -0.2) is 30.0 Å². The van der Waals surface area contributed by atoms with Crippen molar-refractivity contribution in [3.8, 4) is 0 Å². The Labute approximate surface area is 124 Å². The number of hydrogen-bond donors (Lipinski definition) is 2. The number of carbonyl (C=O) groups excluding carboxylic acids is 1. The summed E-state index contributed by atoms with van der Waals surface area (Å²) in [6.45, 7) is 1.58. The fraction of sp³-hybridized carbons (Fsp3) is 0.417. The molecule has 7 heteroatoms. The van der Waals surface area contributed by atoms with Gasteiger partial charge < -0.3 is 10.6 Å². The largest absolute Gasteiger partial charge is 0.350 e. The Morgan fingerprint density at radius 1 is 1.58 bits per heavy atom. The van der Waals surface area contributed by atoms with Gasteiger partial charge in [-0.2, -0.15) is 0 Å². The zero-order valence-corrected chi connectivity index (χ0v) is 12.3. The number of hydrogen-bond acceptors (Lipinski definition) is 4. The van der Waals surface area contributed by atoms with Gasteiger partial charge in [0.05, 0.1) is 10.5 Å². The van der Waals surface area contributed by atoms with Gasteiger partial charge in [-0.15, -0.1) is 0 Å². The lowest BCUT2D eigenvalue weighted by atomic mass is 10.2. The molecule has 0 aromatic heterocycles. The molecule has 1 aromatic carbocycles. The highest BCUT2D eigenvalue weighted by Gasteiger charge is 2.17. The van der Waals surface area contributed by atoms with Crippen LogP contribution in [0.3, 0.4) is 0 Å². The number of non-ortho nitro benzene ring substituents is 1. The number of rotatable bonds is 4. The van der Waals surface area contributed by atoms with E-state index in [1.807, 2.05) is 22.6 Å². The fourth-order valence-corrected chi connectivity index (χ4v) is 2.79. The van der Waals surface area contributed by atoms with Gasteiger partial charge in [0.25, 0.3) is 11.6 Å². The van der Waals surface area contributed by atoms with E-state index in [1.165, 1.54) is 18.2 Å². The van der Waals surface area contributed by atoms with Crippen molar-refractivity contribution >= 4 is 34.2 Å². The van der Waals surface area contributed by atoms with Gasteiger partial charge in [0.15, 0.2) is 0 Å². The molecule has 0 bridgehead atoms. The van der Waals surface area contributed by atoms with Crippen LogP contribution in [0, 0.1) is 13.7 Å². The monoisotopic (exact) mass is 375 g/mol. The summed E-state index contributed by atoms with van der Waals surface area (Å²) in [6.07, 6.45) is 2.20. The summed E-state index contributed by atoms with van der Waals surface area (Å²) in [6, 6.07) is 4.59. The summed E-state index contributed by atoms with van der Waals surface area (Å²) in [5.41, 5.74) is 0.475. The molecule has 2 rings (SSSR count). The van der Waals surface area contributed by atoms with E-state index in [0.29, 0.717) is 21.7 Å². The number of halogens is 1. The van der Waals surface area contributed by atoms with Crippen LogP contribution in [0.15, 0.2) is 18.2 Å². The molecule has 2 N–H and O–H groups in total. The Bertz CT molecular complexity index is 501. The molecule has 6 nitrogen and oxygen atoms in total. The van der Waals surface area contributed by atoms with Crippen molar-refractivity contribution < 1.29 is 9.72 Å². The van der Waals surface area contributed by atoms with Crippen molar-refractivity contribution in [3.05, 3.63) is 37.4 Å². The molecule has 19 heavy (non-hydrogen) atoms. The minimum absolute atomic E-state index is 0.00147. The second-order valence-corrected chi connectivity index (χ2v) is 5.59. The third-order valence-electron chi connectivity index (χ3n) is 3.08. The summed E-state index contributed by atoms with van der Waals surface area (Å²) in [5.74, 6) is -0.187. The van der Waals surface area contributed by atoms with Crippen molar-refractivity contribution in [2.75, 3.05) is 13.1 Å². The Balaban J connectivity index is 2.00. The van der Waals surface area contributed by atoms with Gasteiger partial charge in [0.2, 0.25) is 0 Å². The highest BCUT2D eigenvalue weighted by atomic mass is 127. The van der Waals surface area contributed by atoms with E-state index in [2.05, 4.69) is 10.6 Å². The van der Waals surface area contributed by atoms with Crippen LogP contribution in [0.5, 0.6) is 0 Å². The van der Waals surface area contributed by atoms with Crippen molar-refractivity contribution in [3.63, 3.8) is 0 Å². The maximum atomic E-state index is 12.0. The summed E-state index contributed by atoms with van der Waals surface area (Å²) >= 11 is 1.94. The zero-order chi connectivity index (χ0) is 13.8. The van der Waals surface area contributed by atoms with E-state index in [0.717, 1.165) is 19.4 Å². The average Bonchev–Trinajstić information content (AvgIpc) is 2.88. The van der Waals surface area contributed by atoms with Gasteiger partial charge in [-0.3, -0.25) is 14.9 Å². The Morgan fingerprint density at radius 3 is 2.95 bits per heavy atom. The number of nitrogens with one attached hydrogen (secondary N) is 2. The van der Waals surface area contributed by atoms with Crippen LogP contribution in [0.25, 0.3) is 0 Å². The van der Waals surface area contributed by atoms with Gasteiger partial charge in [0, 0.05) is 28.3 Å². The van der Waals surface area contributed by atoms with Crippen LogP contribution in [0.1, 0.15) is 23.2 Å². The molecule has 1 aromatic rings. The molecular formula is C12H14IN3O3. The van der Waals surface area contributed by atoms with Crippen LogP contribution >= 0.6 is 22.6 Å². The number of nitrogens with zero attached hydrogens (tertiary/aromatic N) is 1. The predicted octanol–water partition coefficient (Wildman–Crippen LogP) is 1.68. The van der Waals surface area contributed by atoms with Crippen molar-refractivity contribution in [2.45, 2.75) is 18.9 Å². The van der Waals surface area contributed by atoms with E-state index in [1.54, 1.807) is 0 Å². The molecule has 1 unspecified atom stereocenters. The lowest BCUT2D eigenvalue weighted by Gasteiger charge is -2.12. The molecule has 0 aliphatic carbocycles. The zero-order valence-electron chi connectivity index (χ0n) is 10.2. The molecule has 1 amide bonds. The van der Waals surface area contributed by atoms with Gasteiger partial charge >= 0.3 is 0 Å². The third kappa shape index (κ3) is 3.63. The summed E-state index contributed by atoms with van der Waals surface area (Å²) in [5, 5.41) is 16.8. The molecule has 1 heterocycles. The van der Waals surface area contributed by atoms with Gasteiger partial charge in [-0.1, -0.05) is 0 Å². The van der Waals surface area contributed by atoms with E-state index < -0.39 is 4.92 Å². The quantitative estimate of drug-likeness (QED) is 0.477. The van der Waals surface area contributed by atoms with Gasteiger partial charge in [-0.05, 0) is 48.0 Å². The van der Waals surface area contributed by atoms with Crippen molar-refractivity contribution in [2.24, 2.45) is 0 Å². The normalized spacial score (nSPS) is 18.3. The minimum Gasteiger partial charge on any atom is -0.350 e. The van der Waals surface area contributed by atoms with E-state index in [4.69, 9.17) is 0 Å². The molecular weight excluding hydrogens is 361 g/mol. The number of carbonyl (C=O) groups is 1. The number of amides is 1. The topological polar surface area (TPSA) is 84.3 Å². The Morgan fingerprint density at radius 2 is 2.37 bits per heavy atom. The van der Waals surface area contributed by atoms with Gasteiger partial charge in [0.1, 0.15) is 0 Å². The SMILES string of the molecule is O=C(NCC1CCCN1)c1ccc([N+](=O)[O-])cc1I. The van der Waals surface area contributed by atoms with E-state index >= 15 is 0 Å². The lowest BCUT2D eigenvalue weighted by Crippen LogP contribution is -2.37. The number of nitro benzene ring substituents is 1. The molecule has 0 radical (unpaired) electrons. The first-order valence-electron chi connectivity index (χ1n) is 6.03.